The van der Waals surface area contributed by atoms with Gasteiger partial charge < -0.3 is 10.3 Å². The van der Waals surface area contributed by atoms with Gasteiger partial charge in [-0.15, -0.1) is 0 Å². The molecule has 2 heterocycles. The van der Waals surface area contributed by atoms with Gasteiger partial charge in [0, 0.05) is 5.92 Å². The van der Waals surface area contributed by atoms with Crippen LogP contribution in [-0.2, 0) is 0 Å². The first kappa shape index (κ1) is 9.31. The van der Waals surface area contributed by atoms with Crippen molar-refractivity contribution in [3.05, 3.63) is 16.1 Å². The second kappa shape index (κ2) is 3.86. The zero-order chi connectivity index (χ0) is 9.26. The number of rotatable bonds is 1. The predicted octanol–water partition coefficient (Wildman–Crippen LogP) is 2.18. The SMILES string of the molecule is Clc1nc(C2CCNCC2)[nH]c1Cl. The highest BCUT2D eigenvalue weighted by atomic mass is 35.5. The van der Waals surface area contributed by atoms with Crippen LogP contribution in [0.3, 0.4) is 0 Å². The quantitative estimate of drug-likeness (QED) is 0.761. The molecule has 0 aromatic carbocycles. The Bertz CT molecular complexity index is 272. The maximum absolute atomic E-state index is 5.78. The van der Waals surface area contributed by atoms with E-state index in [1.54, 1.807) is 0 Å². The van der Waals surface area contributed by atoms with E-state index in [0.29, 0.717) is 16.2 Å². The summed E-state index contributed by atoms with van der Waals surface area (Å²) in [6.45, 7) is 2.08. The second-order valence-electron chi connectivity index (χ2n) is 3.25. The third kappa shape index (κ3) is 1.98. The van der Waals surface area contributed by atoms with Crippen molar-refractivity contribution in [2.45, 2.75) is 18.8 Å². The molecule has 3 nitrogen and oxygen atoms in total. The molecule has 2 rings (SSSR count). The molecule has 5 heteroatoms. The van der Waals surface area contributed by atoms with Crippen molar-refractivity contribution < 1.29 is 0 Å². The van der Waals surface area contributed by atoms with Gasteiger partial charge in [0.05, 0.1) is 0 Å². The number of piperidine rings is 1. The molecule has 72 valence electrons. The molecule has 1 aromatic heterocycles. The Morgan fingerprint density at radius 2 is 1.92 bits per heavy atom. The van der Waals surface area contributed by atoms with Crippen LogP contribution < -0.4 is 5.32 Å². The number of nitrogens with one attached hydrogen (secondary N) is 2. The van der Waals surface area contributed by atoms with E-state index in [1.165, 1.54) is 0 Å². The lowest BCUT2D eigenvalue weighted by Gasteiger charge is -2.20. The Kier molecular flexibility index (Phi) is 2.77. The van der Waals surface area contributed by atoms with Crippen LogP contribution in [0.1, 0.15) is 24.6 Å². The van der Waals surface area contributed by atoms with Crippen LogP contribution >= 0.6 is 23.2 Å². The summed E-state index contributed by atoms with van der Waals surface area (Å²) in [7, 11) is 0. The topological polar surface area (TPSA) is 40.7 Å². The minimum atomic E-state index is 0.384. The predicted molar refractivity (Wildman–Crippen MR) is 53.5 cm³/mol. The summed E-state index contributed by atoms with van der Waals surface area (Å²) in [5.74, 6) is 1.41. The molecule has 0 radical (unpaired) electrons. The molecule has 1 aliphatic rings. The molecular formula is C8H11Cl2N3. The highest BCUT2D eigenvalue weighted by Gasteiger charge is 2.19. The summed E-state index contributed by atoms with van der Waals surface area (Å²) in [5, 5.41) is 4.14. The zero-order valence-electron chi connectivity index (χ0n) is 7.11. The lowest BCUT2D eigenvalue weighted by atomic mass is 9.98. The number of nitrogens with zero attached hydrogens (tertiary/aromatic N) is 1. The maximum atomic E-state index is 5.78. The van der Waals surface area contributed by atoms with Crippen LogP contribution in [0.15, 0.2) is 0 Å². The first-order valence-corrected chi connectivity index (χ1v) is 5.14. The van der Waals surface area contributed by atoms with Gasteiger partial charge in [0.25, 0.3) is 0 Å². The normalized spacial score (nSPS) is 19.2. The average Bonchev–Trinajstić information content (AvgIpc) is 2.49. The molecule has 1 aromatic rings. The number of hydrogen-bond acceptors (Lipinski definition) is 2. The van der Waals surface area contributed by atoms with Crippen molar-refractivity contribution in [2.75, 3.05) is 13.1 Å². The number of hydrogen-bond donors (Lipinski definition) is 2. The van der Waals surface area contributed by atoms with Crippen LogP contribution in [-0.4, -0.2) is 23.1 Å². The number of halogens is 2. The van der Waals surface area contributed by atoms with E-state index in [4.69, 9.17) is 23.2 Å². The van der Waals surface area contributed by atoms with Gasteiger partial charge in [-0.05, 0) is 25.9 Å². The number of aromatic amines is 1. The summed E-state index contributed by atoms with van der Waals surface area (Å²) in [5.41, 5.74) is 0. The van der Waals surface area contributed by atoms with Crippen LogP contribution in [0.4, 0.5) is 0 Å². The van der Waals surface area contributed by atoms with Crippen LogP contribution in [0, 0.1) is 0 Å². The van der Waals surface area contributed by atoms with Crippen molar-refractivity contribution in [1.29, 1.82) is 0 Å². The molecule has 0 saturated carbocycles. The molecule has 0 atom stereocenters. The molecule has 0 spiro atoms. The van der Waals surface area contributed by atoms with Gasteiger partial charge in [-0.1, -0.05) is 23.2 Å². The van der Waals surface area contributed by atoms with Crippen LogP contribution in [0.5, 0.6) is 0 Å². The van der Waals surface area contributed by atoms with Gasteiger partial charge >= 0.3 is 0 Å². The first-order valence-electron chi connectivity index (χ1n) is 4.39. The molecule has 1 aliphatic heterocycles. The molecular weight excluding hydrogens is 209 g/mol. The van der Waals surface area contributed by atoms with E-state index < -0.39 is 0 Å². The van der Waals surface area contributed by atoms with Crippen molar-refractivity contribution >= 4 is 23.2 Å². The molecule has 0 amide bonds. The van der Waals surface area contributed by atoms with Crippen molar-refractivity contribution in [1.82, 2.24) is 15.3 Å². The monoisotopic (exact) mass is 219 g/mol. The van der Waals surface area contributed by atoms with Crippen molar-refractivity contribution in [3.8, 4) is 0 Å². The third-order valence-electron chi connectivity index (χ3n) is 2.36. The van der Waals surface area contributed by atoms with E-state index in [1.807, 2.05) is 0 Å². The van der Waals surface area contributed by atoms with E-state index in [0.717, 1.165) is 31.8 Å². The van der Waals surface area contributed by atoms with E-state index in [9.17, 15) is 0 Å². The summed E-state index contributed by atoms with van der Waals surface area (Å²) in [4.78, 5) is 7.19. The molecule has 0 bridgehead atoms. The lowest BCUT2D eigenvalue weighted by molar-refractivity contribution is 0.447. The van der Waals surface area contributed by atoms with Crippen LogP contribution in [0.25, 0.3) is 0 Å². The van der Waals surface area contributed by atoms with Gasteiger partial charge in [0.2, 0.25) is 0 Å². The molecule has 0 aliphatic carbocycles. The zero-order valence-corrected chi connectivity index (χ0v) is 8.62. The molecule has 1 saturated heterocycles. The van der Waals surface area contributed by atoms with Crippen molar-refractivity contribution in [2.24, 2.45) is 0 Å². The molecule has 2 N–H and O–H groups in total. The summed E-state index contributed by atoms with van der Waals surface area (Å²) in [6.07, 6.45) is 2.19. The molecule has 1 fully saturated rings. The van der Waals surface area contributed by atoms with Crippen LogP contribution in [0.2, 0.25) is 10.3 Å². The largest absolute Gasteiger partial charge is 0.332 e. The summed E-state index contributed by atoms with van der Waals surface area (Å²) < 4.78 is 0. The van der Waals surface area contributed by atoms with E-state index in [-0.39, 0.29) is 0 Å². The fourth-order valence-corrected chi connectivity index (χ4v) is 1.91. The summed E-state index contributed by atoms with van der Waals surface area (Å²) >= 11 is 11.5. The third-order valence-corrected chi connectivity index (χ3v) is 3.01. The maximum Gasteiger partial charge on any atom is 0.166 e. The Morgan fingerprint density at radius 3 is 2.46 bits per heavy atom. The Balaban J connectivity index is 2.14. The highest BCUT2D eigenvalue weighted by Crippen LogP contribution is 2.27. The Labute approximate surface area is 86.8 Å². The number of aromatic nitrogens is 2. The standard InChI is InChI=1S/C8H11Cl2N3/c9-6-7(10)13-8(12-6)5-1-3-11-4-2-5/h5,11H,1-4H2,(H,12,13). The number of imidazole rings is 1. The first-order chi connectivity index (χ1) is 6.27. The minimum Gasteiger partial charge on any atom is -0.332 e. The highest BCUT2D eigenvalue weighted by molar-refractivity contribution is 6.40. The van der Waals surface area contributed by atoms with Gasteiger partial charge in [0.1, 0.15) is 11.0 Å². The fourth-order valence-electron chi connectivity index (χ4n) is 1.64. The molecule has 13 heavy (non-hydrogen) atoms. The Morgan fingerprint density at radius 1 is 1.23 bits per heavy atom. The van der Waals surface area contributed by atoms with Crippen molar-refractivity contribution in [3.63, 3.8) is 0 Å². The average molecular weight is 220 g/mol. The van der Waals surface area contributed by atoms with Gasteiger partial charge in [-0.25, -0.2) is 4.98 Å². The second-order valence-corrected chi connectivity index (χ2v) is 3.99. The fraction of sp³-hybridized carbons (Fsp3) is 0.625. The molecule has 0 unspecified atom stereocenters. The van der Waals surface area contributed by atoms with Gasteiger partial charge in [0.15, 0.2) is 5.15 Å². The number of H-pyrrole nitrogens is 1. The van der Waals surface area contributed by atoms with Gasteiger partial charge in [-0.2, -0.15) is 0 Å². The van der Waals surface area contributed by atoms with E-state index >= 15 is 0 Å². The lowest BCUT2D eigenvalue weighted by Crippen LogP contribution is -2.27. The van der Waals surface area contributed by atoms with Gasteiger partial charge in [-0.3, -0.25) is 0 Å². The Hall–Kier alpha value is -0.250. The van der Waals surface area contributed by atoms with E-state index in [2.05, 4.69) is 15.3 Å². The summed E-state index contributed by atoms with van der Waals surface area (Å²) in [6, 6.07) is 0. The smallest absolute Gasteiger partial charge is 0.166 e. The minimum absolute atomic E-state index is 0.384.